The van der Waals surface area contributed by atoms with Gasteiger partial charge in [0, 0.05) is 62.4 Å². The van der Waals surface area contributed by atoms with Crippen LogP contribution in [0.5, 0.6) is 0 Å². The van der Waals surface area contributed by atoms with Gasteiger partial charge >= 0.3 is 0 Å². The fourth-order valence-corrected chi connectivity index (χ4v) is 5.84. The van der Waals surface area contributed by atoms with Gasteiger partial charge in [-0.25, -0.2) is 9.97 Å². The molecule has 3 aliphatic rings. The van der Waals surface area contributed by atoms with Crippen LogP contribution in [0.3, 0.4) is 0 Å². The maximum atomic E-state index is 13.0. The molecule has 6 rings (SSSR count). The number of benzene rings is 1. The van der Waals surface area contributed by atoms with Crippen LogP contribution in [0.25, 0.3) is 0 Å². The number of anilines is 4. The Hall–Kier alpha value is -4.25. The molecule has 220 valence electrons. The fourth-order valence-electron chi connectivity index (χ4n) is 5.84. The van der Waals surface area contributed by atoms with Crippen molar-refractivity contribution >= 4 is 34.8 Å². The minimum atomic E-state index is -0.650. The number of primary amides is 1. The van der Waals surface area contributed by atoms with Gasteiger partial charge in [0.1, 0.15) is 11.5 Å². The van der Waals surface area contributed by atoms with Crippen LogP contribution in [0.1, 0.15) is 65.1 Å². The van der Waals surface area contributed by atoms with Crippen LogP contribution < -0.4 is 26.2 Å². The molecule has 2 saturated heterocycles. The van der Waals surface area contributed by atoms with Gasteiger partial charge in [-0.05, 0) is 81.5 Å². The summed E-state index contributed by atoms with van der Waals surface area (Å²) in [6.45, 7) is 6.87. The highest BCUT2D eigenvalue weighted by molar-refractivity contribution is 5.96. The number of amides is 2. The lowest BCUT2D eigenvalue weighted by Gasteiger charge is -2.40. The number of hydrogen-bond donors (Lipinski definition) is 3. The smallest absolute Gasteiger partial charge is 0.271 e. The average Bonchev–Trinajstić information content (AvgIpc) is 3.85. The maximum Gasteiger partial charge on any atom is 0.271 e. The molecule has 42 heavy (non-hydrogen) atoms. The van der Waals surface area contributed by atoms with Crippen LogP contribution in [-0.4, -0.2) is 83.5 Å². The Balaban J connectivity index is 1.15. The second-order valence-corrected chi connectivity index (χ2v) is 11.7. The first-order valence-corrected chi connectivity index (χ1v) is 14.9. The third kappa shape index (κ3) is 6.15. The second kappa shape index (κ2) is 11.9. The first-order valence-electron chi connectivity index (χ1n) is 14.9. The van der Waals surface area contributed by atoms with Crippen molar-refractivity contribution < 1.29 is 9.59 Å². The summed E-state index contributed by atoms with van der Waals surface area (Å²) >= 11 is 0. The number of piperazine rings is 1. The van der Waals surface area contributed by atoms with Gasteiger partial charge < -0.3 is 31.1 Å². The summed E-state index contributed by atoms with van der Waals surface area (Å²) < 4.78 is 0. The number of nitrogens with two attached hydrogens (primary N) is 1. The number of aromatic nitrogens is 3. The molecule has 11 nitrogen and oxygen atoms in total. The van der Waals surface area contributed by atoms with E-state index in [0.29, 0.717) is 23.2 Å². The normalized spacial score (nSPS) is 21.2. The minimum absolute atomic E-state index is 0.0436. The lowest BCUT2D eigenvalue weighted by molar-refractivity contribution is 0.0918. The average molecular weight is 570 g/mol. The van der Waals surface area contributed by atoms with Crippen LogP contribution >= 0.6 is 0 Å². The van der Waals surface area contributed by atoms with Crippen molar-refractivity contribution in [2.24, 2.45) is 5.73 Å². The van der Waals surface area contributed by atoms with Crippen molar-refractivity contribution in [1.29, 1.82) is 0 Å². The van der Waals surface area contributed by atoms with E-state index in [2.05, 4.69) is 61.4 Å². The number of hydrogen-bond acceptors (Lipinski definition) is 9. The molecule has 0 bridgehead atoms. The highest BCUT2D eigenvalue weighted by atomic mass is 16.2. The van der Waals surface area contributed by atoms with Crippen LogP contribution in [0, 0.1) is 0 Å². The topological polar surface area (TPSA) is 133 Å². The van der Waals surface area contributed by atoms with E-state index in [-0.39, 0.29) is 23.7 Å². The molecule has 1 aromatic carbocycles. The van der Waals surface area contributed by atoms with Crippen molar-refractivity contribution in [3.05, 3.63) is 65.7 Å². The molecule has 1 unspecified atom stereocenters. The molecule has 4 heterocycles. The van der Waals surface area contributed by atoms with Gasteiger partial charge in [0.15, 0.2) is 11.5 Å². The zero-order chi connectivity index (χ0) is 29.2. The molecule has 1 saturated carbocycles. The van der Waals surface area contributed by atoms with Gasteiger partial charge in [0.2, 0.25) is 0 Å². The summed E-state index contributed by atoms with van der Waals surface area (Å²) in [6, 6.07) is 11.8. The molecule has 3 aromatic rings. The van der Waals surface area contributed by atoms with E-state index in [0.717, 1.165) is 56.9 Å². The number of nitrogens with zero attached hydrogens (tertiary/aromatic N) is 6. The maximum absolute atomic E-state index is 13.0. The Morgan fingerprint density at radius 3 is 2.36 bits per heavy atom. The van der Waals surface area contributed by atoms with E-state index in [1.807, 2.05) is 30.5 Å². The third-order valence-corrected chi connectivity index (χ3v) is 8.66. The zero-order valence-corrected chi connectivity index (χ0v) is 24.3. The highest BCUT2D eigenvalue weighted by Gasteiger charge is 2.31. The Morgan fingerprint density at radius 1 is 0.929 bits per heavy atom. The predicted molar refractivity (Wildman–Crippen MR) is 163 cm³/mol. The first-order chi connectivity index (χ1) is 20.4. The monoisotopic (exact) mass is 569 g/mol. The van der Waals surface area contributed by atoms with Gasteiger partial charge in [0.05, 0.1) is 6.20 Å². The molecule has 4 N–H and O–H groups in total. The lowest BCUT2D eigenvalue weighted by Crippen LogP contribution is -2.54. The predicted octanol–water partition coefficient (Wildman–Crippen LogP) is 3.13. The van der Waals surface area contributed by atoms with Gasteiger partial charge in [-0.15, -0.1) is 0 Å². The quantitative estimate of drug-likeness (QED) is 0.374. The molecule has 2 aromatic heterocycles. The largest absolute Gasteiger partial charge is 0.369 e. The first kappa shape index (κ1) is 27.9. The SMILES string of the molecule is CC1[C@@H](NC(=O)c2ccc(C3CC3)cn2)CCCN1c1cnc(C(N)=O)c(Nc2ccc(N3CCN(C)CC3)cc2)n1. The van der Waals surface area contributed by atoms with E-state index in [1.165, 1.54) is 18.4 Å². The van der Waals surface area contributed by atoms with Crippen LogP contribution in [-0.2, 0) is 0 Å². The number of likely N-dealkylation sites (N-methyl/N-ethyl adjacent to an activating group) is 1. The Kier molecular flexibility index (Phi) is 7.92. The Morgan fingerprint density at radius 2 is 1.69 bits per heavy atom. The number of pyridine rings is 1. The Bertz CT molecular complexity index is 1420. The van der Waals surface area contributed by atoms with Crippen LogP contribution in [0.4, 0.5) is 23.0 Å². The van der Waals surface area contributed by atoms with Crippen molar-refractivity contribution in [3.8, 4) is 0 Å². The molecular weight excluding hydrogens is 530 g/mol. The van der Waals surface area contributed by atoms with Gasteiger partial charge in [-0.3, -0.25) is 14.6 Å². The van der Waals surface area contributed by atoms with E-state index in [1.54, 1.807) is 6.20 Å². The molecule has 2 aliphatic heterocycles. The number of carbonyl (C=O) groups is 2. The van der Waals surface area contributed by atoms with Crippen molar-refractivity contribution in [1.82, 2.24) is 25.2 Å². The fraction of sp³-hybridized carbons (Fsp3) is 0.452. The van der Waals surface area contributed by atoms with Crippen LogP contribution in [0.15, 0.2) is 48.8 Å². The van der Waals surface area contributed by atoms with E-state index >= 15 is 0 Å². The molecule has 0 radical (unpaired) electrons. The molecule has 2 amide bonds. The summed E-state index contributed by atoms with van der Waals surface area (Å²) in [5, 5.41) is 6.44. The zero-order valence-electron chi connectivity index (χ0n) is 24.3. The number of rotatable bonds is 8. The lowest BCUT2D eigenvalue weighted by atomic mass is 9.97. The van der Waals surface area contributed by atoms with E-state index < -0.39 is 5.91 Å². The summed E-state index contributed by atoms with van der Waals surface area (Å²) in [4.78, 5) is 45.7. The van der Waals surface area contributed by atoms with E-state index in [9.17, 15) is 9.59 Å². The molecule has 0 spiro atoms. The molecule has 11 heteroatoms. The van der Waals surface area contributed by atoms with Crippen molar-refractivity contribution in [2.45, 2.75) is 50.6 Å². The van der Waals surface area contributed by atoms with Crippen molar-refractivity contribution in [3.63, 3.8) is 0 Å². The molecule has 2 atom stereocenters. The van der Waals surface area contributed by atoms with Gasteiger partial charge in [-0.2, -0.15) is 0 Å². The molecular formula is C31H39N9O2. The van der Waals surface area contributed by atoms with Crippen LogP contribution in [0.2, 0.25) is 0 Å². The standard InChI is InChI=1S/C31H39N9O2/c1-20-25(36-31(42)26-12-7-22(18-33-26)21-5-6-21)4-3-13-40(20)27-19-34-28(29(32)41)30(37-27)35-23-8-10-24(11-9-23)39-16-14-38(2)15-17-39/h7-12,18-21,25H,3-6,13-17H2,1-2H3,(H2,32,41)(H,35,37)(H,36,42)/t20?,25-/m0/s1. The summed E-state index contributed by atoms with van der Waals surface area (Å²) in [6.07, 6.45) is 7.53. The summed E-state index contributed by atoms with van der Waals surface area (Å²) in [5.74, 6) is 0.709. The highest BCUT2D eigenvalue weighted by Crippen LogP contribution is 2.39. The molecule has 3 fully saturated rings. The third-order valence-electron chi connectivity index (χ3n) is 8.66. The molecule has 1 aliphatic carbocycles. The minimum Gasteiger partial charge on any atom is -0.369 e. The number of piperidine rings is 1. The summed E-state index contributed by atoms with van der Waals surface area (Å²) in [5.41, 5.74) is 9.33. The summed E-state index contributed by atoms with van der Waals surface area (Å²) in [7, 11) is 2.14. The van der Waals surface area contributed by atoms with Crippen molar-refractivity contribution in [2.75, 3.05) is 54.9 Å². The number of nitrogens with one attached hydrogen (secondary N) is 2. The van der Waals surface area contributed by atoms with Gasteiger partial charge in [0.25, 0.3) is 11.8 Å². The Labute approximate surface area is 246 Å². The van der Waals surface area contributed by atoms with E-state index in [4.69, 9.17) is 10.7 Å². The second-order valence-electron chi connectivity index (χ2n) is 11.7. The number of carbonyl (C=O) groups excluding carboxylic acids is 2. The van der Waals surface area contributed by atoms with Gasteiger partial charge in [-0.1, -0.05) is 6.07 Å².